The van der Waals surface area contributed by atoms with Crippen molar-refractivity contribution in [1.82, 2.24) is 9.88 Å². The lowest BCUT2D eigenvalue weighted by Gasteiger charge is -2.33. The fraction of sp³-hybridized carbons (Fsp3) is 0.588. The molecule has 0 unspecified atom stereocenters. The van der Waals surface area contributed by atoms with Crippen LogP contribution in [0, 0.1) is 0 Å². The maximum absolute atomic E-state index is 12.0. The van der Waals surface area contributed by atoms with Gasteiger partial charge in [0, 0.05) is 39.8 Å². The molecule has 24 heavy (non-hydrogen) atoms. The van der Waals surface area contributed by atoms with E-state index in [2.05, 4.69) is 11.1 Å². The highest BCUT2D eigenvalue weighted by molar-refractivity contribution is 5.80. The standard InChI is InChI=1S/C17H25N3O4/c1-19(2)15-11-13(7-8-18-15)3-4-14-12-20(9-10-24-14)16(21)5-6-17(22)23/h7-8,11,14H,3-6,9-10,12H2,1-2H3,(H,22,23)/t14-/m1/s1. The Bertz CT molecular complexity index is 577. The topological polar surface area (TPSA) is 83.0 Å². The van der Waals surface area contributed by atoms with E-state index in [1.165, 1.54) is 5.56 Å². The minimum absolute atomic E-state index is 0.0106. The van der Waals surface area contributed by atoms with E-state index in [-0.39, 0.29) is 24.9 Å². The number of carboxylic acid groups (broad SMARTS) is 1. The van der Waals surface area contributed by atoms with Gasteiger partial charge in [-0.2, -0.15) is 0 Å². The lowest BCUT2D eigenvalue weighted by molar-refractivity contribution is -0.144. The van der Waals surface area contributed by atoms with Gasteiger partial charge in [-0.05, 0) is 30.5 Å². The normalized spacial score (nSPS) is 17.6. The SMILES string of the molecule is CN(C)c1cc(CC[C@@H]2CN(C(=O)CCC(=O)O)CCO2)ccn1. The van der Waals surface area contributed by atoms with Gasteiger partial charge < -0.3 is 19.6 Å². The number of aliphatic carboxylic acids is 1. The Kier molecular flexibility index (Phi) is 6.54. The molecule has 0 radical (unpaired) electrons. The molecule has 1 saturated heterocycles. The fourth-order valence-corrected chi connectivity index (χ4v) is 2.68. The van der Waals surface area contributed by atoms with Gasteiger partial charge in [-0.15, -0.1) is 0 Å². The van der Waals surface area contributed by atoms with Crippen LogP contribution in [-0.2, 0) is 20.7 Å². The number of morpholine rings is 1. The average Bonchev–Trinajstić information content (AvgIpc) is 2.58. The molecule has 7 nitrogen and oxygen atoms in total. The molecule has 1 fully saturated rings. The van der Waals surface area contributed by atoms with Crippen molar-refractivity contribution in [2.45, 2.75) is 31.8 Å². The number of pyridine rings is 1. The number of aryl methyl sites for hydroxylation is 1. The largest absolute Gasteiger partial charge is 0.481 e. The number of ether oxygens (including phenoxy) is 1. The van der Waals surface area contributed by atoms with E-state index in [1.807, 2.05) is 25.1 Å². The minimum atomic E-state index is -0.942. The summed E-state index contributed by atoms with van der Waals surface area (Å²) in [5.41, 5.74) is 1.19. The van der Waals surface area contributed by atoms with Crippen molar-refractivity contribution < 1.29 is 19.4 Å². The van der Waals surface area contributed by atoms with Crippen molar-refractivity contribution in [2.24, 2.45) is 0 Å². The molecular formula is C17H25N3O4. The van der Waals surface area contributed by atoms with Crippen molar-refractivity contribution in [3.8, 4) is 0 Å². The Morgan fingerprint density at radius 1 is 1.42 bits per heavy atom. The van der Waals surface area contributed by atoms with Gasteiger partial charge in [0.05, 0.1) is 19.1 Å². The Hall–Kier alpha value is -2.15. The number of hydrogen-bond donors (Lipinski definition) is 1. The fourth-order valence-electron chi connectivity index (χ4n) is 2.68. The summed E-state index contributed by atoms with van der Waals surface area (Å²) in [6.45, 7) is 1.57. The highest BCUT2D eigenvalue weighted by Gasteiger charge is 2.24. The van der Waals surface area contributed by atoms with E-state index >= 15 is 0 Å². The van der Waals surface area contributed by atoms with Gasteiger partial charge in [0.2, 0.25) is 5.91 Å². The highest BCUT2D eigenvalue weighted by Crippen LogP contribution is 2.16. The first kappa shape index (κ1) is 18.2. The number of carbonyl (C=O) groups is 2. The zero-order valence-corrected chi connectivity index (χ0v) is 14.3. The van der Waals surface area contributed by atoms with Gasteiger partial charge in [0.1, 0.15) is 5.82 Å². The van der Waals surface area contributed by atoms with Crippen LogP contribution in [0.4, 0.5) is 5.82 Å². The molecule has 1 amide bonds. The molecule has 1 aliphatic rings. The van der Waals surface area contributed by atoms with Crippen LogP contribution in [-0.4, -0.2) is 66.8 Å². The molecule has 7 heteroatoms. The molecule has 132 valence electrons. The van der Waals surface area contributed by atoms with Crippen LogP contribution in [0.3, 0.4) is 0 Å². The third kappa shape index (κ3) is 5.49. The van der Waals surface area contributed by atoms with Crippen LogP contribution < -0.4 is 4.90 Å². The van der Waals surface area contributed by atoms with Crippen LogP contribution in [0.25, 0.3) is 0 Å². The maximum atomic E-state index is 12.0. The van der Waals surface area contributed by atoms with E-state index in [4.69, 9.17) is 9.84 Å². The van der Waals surface area contributed by atoms with Gasteiger partial charge in [-0.1, -0.05) is 0 Å². The van der Waals surface area contributed by atoms with Crippen LogP contribution >= 0.6 is 0 Å². The van der Waals surface area contributed by atoms with Crippen LogP contribution in [0.2, 0.25) is 0 Å². The summed E-state index contributed by atoms with van der Waals surface area (Å²) in [4.78, 5) is 30.6. The van der Waals surface area contributed by atoms with Gasteiger partial charge >= 0.3 is 5.97 Å². The maximum Gasteiger partial charge on any atom is 0.303 e. The van der Waals surface area contributed by atoms with E-state index in [1.54, 1.807) is 11.1 Å². The number of amides is 1. The second-order valence-electron chi connectivity index (χ2n) is 6.18. The second-order valence-corrected chi connectivity index (χ2v) is 6.18. The Morgan fingerprint density at radius 3 is 2.92 bits per heavy atom. The molecule has 2 heterocycles. The van der Waals surface area contributed by atoms with E-state index in [0.29, 0.717) is 19.7 Å². The number of anilines is 1. The molecule has 0 bridgehead atoms. The van der Waals surface area contributed by atoms with E-state index < -0.39 is 5.97 Å². The Labute approximate surface area is 142 Å². The lowest BCUT2D eigenvalue weighted by atomic mass is 10.1. The first-order valence-electron chi connectivity index (χ1n) is 8.19. The van der Waals surface area contributed by atoms with Crippen molar-refractivity contribution in [3.63, 3.8) is 0 Å². The van der Waals surface area contributed by atoms with Crippen molar-refractivity contribution in [3.05, 3.63) is 23.9 Å². The minimum Gasteiger partial charge on any atom is -0.481 e. The van der Waals surface area contributed by atoms with E-state index in [0.717, 1.165) is 18.7 Å². The zero-order chi connectivity index (χ0) is 17.5. The summed E-state index contributed by atoms with van der Waals surface area (Å²) in [6, 6.07) is 4.05. The lowest BCUT2D eigenvalue weighted by Crippen LogP contribution is -2.45. The number of aromatic nitrogens is 1. The predicted molar refractivity (Wildman–Crippen MR) is 90.1 cm³/mol. The van der Waals surface area contributed by atoms with Crippen LogP contribution in [0.15, 0.2) is 18.3 Å². The highest BCUT2D eigenvalue weighted by atomic mass is 16.5. The molecule has 1 aromatic rings. The number of carbonyl (C=O) groups excluding carboxylic acids is 1. The Morgan fingerprint density at radius 2 is 2.21 bits per heavy atom. The van der Waals surface area contributed by atoms with Crippen molar-refractivity contribution >= 4 is 17.7 Å². The quantitative estimate of drug-likeness (QED) is 0.805. The van der Waals surface area contributed by atoms with Crippen molar-refractivity contribution in [1.29, 1.82) is 0 Å². The summed E-state index contributed by atoms with van der Waals surface area (Å²) < 4.78 is 5.75. The molecule has 1 aromatic heterocycles. The smallest absolute Gasteiger partial charge is 0.303 e. The third-order valence-electron chi connectivity index (χ3n) is 4.07. The summed E-state index contributed by atoms with van der Waals surface area (Å²) >= 11 is 0. The molecule has 0 saturated carbocycles. The predicted octanol–water partition coefficient (Wildman–Crippen LogP) is 1.17. The second kappa shape index (κ2) is 8.63. The molecule has 0 aliphatic carbocycles. The number of nitrogens with zero attached hydrogens (tertiary/aromatic N) is 3. The van der Waals surface area contributed by atoms with Crippen molar-refractivity contribution in [2.75, 3.05) is 38.7 Å². The van der Waals surface area contributed by atoms with Gasteiger partial charge in [-0.3, -0.25) is 9.59 Å². The monoisotopic (exact) mass is 335 g/mol. The summed E-state index contributed by atoms with van der Waals surface area (Å²) in [7, 11) is 3.91. The molecular weight excluding hydrogens is 310 g/mol. The average molecular weight is 335 g/mol. The summed E-state index contributed by atoms with van der Waals surface area (Å²) in [5.74, 6) is -0.130. The third-order valence-corrected chi connectivity index (χ3v) is 4.07. The van der Waals surface area contributed by atoms with Gasteiger partial charge in [0.15, 0.2) is 0 Å². The number of rotatable bonds is 7. The molecule has 1 atom stereocenters. The van der Waals surface area contributed by atoms with Crippen LogP contribution in [0.1, 0.15) is 24.8 Å². The summed E-state index contributed by atoms with van der Waals surface area (Å²) in [5, 5.41) is 8.68. The number of hydrogen-bond acceptors (Lipinski definition) is 5. The van der Waals surface area contributed by atoms with Gasteiger partial charge in [-0.25, -0.2) is 4.98 Å². The Balaban J connectivity index is 1.83. The number of carboxylic acids is 1. The van der Waals surface area contributed by atoms with E-state index in [9.17, 15) is 9.59 Å². The van der Waals surface area contributed by atoms with Crippen LogP contribution in [0.5, 0.6) is 0 Å². The molecule has 0 spiro atoms. The first-order chi connectivity index (χ1) is 11.5. The molecule has 0 aromatic carbocycles. The summed E-state index contributed by atoms with van der Waals surface area (Å²) in [6.07, 6.45) is 3.39. The zero-order valence-electron chi connectivity index (χ0n) is 14.3. The van der Waals surface area contributed by atoms with Gasteiger partial charge in [0.25, 0.3) is 0 Å². The first-order valence-corrected chi connectivity index (χ1v) is 8.19. The molecule has 2 rings (SSSR count). The molecule has 1 aliphatic heterocycles. The molecule has 1 N–H and O–H groups in total.